The molecule has 2 heterocycles. The zero-order valence-electron chi connectivity index (χ0n) is 14.3. The van der Waals surface area contributed by atoms with Gasteiger partial charge in [0.2, 0.25) is 0 Å². The van der Waals surface area contributed by atoms with Gasteiger partial charge in [-0.15, -0.1) is 0 Å². The minimum Gasteiger partial charge on any atom is -0.493 e. The van der Waals surface area contributed by atoms with E-state index in [0.29, 0.717) is 12.3 Å². The summed E-state index contributed by atoms with van der Waals surface area (Å²) in [6.07, 6.45) is 2.94. The summed E-state index contributed by atoms with van der Waals surface area (Å²) in [5.41, 5.74) is 4.80. The van der Waals surface area contributed by atoms with Crippen LogP contribution in [0.2, 0.25) is 0 Å². The molecule has 0 unspecified atom stereocenters. The number of carbonyl (C=O) groups is 1. The summed E-state index contributed by atoms with van der Waals surface area (Å²) in [6.45, 7) is 4.63. The Balaban J connectivity index is 2.04. The molecule has 2 aromatic heterocycles. The van der Waals surface area contributed by atoms with Gasteiger partial charge in [0.25, 0.3) is 0 Å². The highest BCUT2D eigenvalue weighted by Gasteiger charge is 2.15. The van der Waals surface area contributed by atoms with Crippen LogP contribution in [0.5, 0.6) is 5.75 Å². The molecule has 0 fully saturated rings. The highest BCUT2D eigenvalue weighted by atomic mass is 16.5. The number of rotatable bonds is 4. The van der Waals surface area contributed by atoms with Gasteiger partial charge in [-0.05, 0) is 54.6 Å². The van der Waals surface area contributed by atoms with E-state index >= 15 is 0 Å². The molecule has 0 spiro atoms. The number of nitrogens with zero attached hydrogens (tertiary/aromatic N) is 1. The summed E-state index contributed by atoms with van der Waals surface area (Å²) >= 11 is 0. The average molecular weight is 329 g/mol. The lowest BCUT2D eigenvalue weighted by Crippen LogP contribution is -1.95. The molecule has 3 nitrogen and oxygen atoms in total. The second-order valence-corrected chi connectivity index (χ2v) is 6.15. The molecule has 2 aromatic carbocycles. The van der Waals surface area contributed by atoms with Crippen LogP contribution in [0.1, 0.15) is 23.0 Å². The van der Waals surface area contributed by atoms with Gasteiger partial charge in [0, 0.05) is 22.7 Å². The Labute approximate surface area is 146 Å². The van der Waals surface area contributed by atoms with Gasteiger partial charge in [-0.2, -0.15) is 0 Å². The molecule has 0 aliphatic carbocycles. The molecule has 4 aromatic rings. The van der Waals surface area contributed by atoms with Crippen molar-refractivity contribution in [3.63, 3.8) is 0 Å². The zero-order chi connectivity index (χ0) is 17.4. The van der Waals surface area contributed by atoms with Gasteiger partial charge in [-0.3, -0.25) is 4.79 Å². The van der Waals surface area contributed by atoms with E-state index in [4.69, 9.17) is 4.74 Å². The summed E-state index contributed by atoms with van der Waals surface area (Å²) in [5, 5.41) is 2.15. The number of pyridine rings is 1. The summed E-state index contributed by atoms with van der Waals surface area (Å²) in [7, 11) is 0. The fraction of sp³-hybridized carbons (Fsp3) is 0.136. The molecule has 0 N–H and O–H groups in total. The quantitative estimate of drug-likeness (QED) is 0.477. The molecular formula is C22H19NO2. The predicted octanol–water partition coefficient (Wildman–Crippen LogP) is 5.28. The van der Waals surface area contributed by atoms with E-state index in [2.05, 4.69) is 24.3 Å². The van der Waals surface area contributed by atoms with E-state index in [1.807, 2.05) is 54.8 Å². The number of aromatic nitrogens is 1. The number of ether oxygens (including phenoxy) is 1. The fourth-order valence-electron chi connectivity index (χ4n) is 3.42. The molecule has 124 valence electrons. The Bertz CT molecular complexity index is 1090. The Morgan fingerprint density at radius 3 is 2.56 bits per heavy atom. The predicted molar refractivity (Wildman–Crippen MR) is 102 cm³/mol. The largest absolute Gasteiger partial charge is 0.493 e. The van der Waals surface area contributed by atoms with E-state index < -0.39 is 0 Å². The van der Waals surface area contributed by atoms with Crippen LogP contribution in [-0.2, 0) is 0 Å². The molecule has 0 amide bonds. The van der Waals surface area contributed by atoms with Gasteiger partial charge in [-0.1, -0.05) is 30.3 Å². The topological polar surface area (TPSA) is 30.7 Å². The lowest BCUT2D eigenvalue weighted by Gasteiger charge is -2.11. The van der Waals surface area contributed by atoms with Crippen molar-refractivity contribution in [1.82, 2.24) is 4.40 Å². The van der Waals surface area contributed by atoms with Crippen LogP contribution in [0.4, 0.5) is 0 Å². The minimum atomic E-state index is 0.623. The van der Waals surface area contributed by atoms with E-state index in [9.17, 15) is 4.79 Å². The first-order valence-corrected chi connectivity index (χ1v) is 8.44. The number of aryl methyl sites for hydroxylation is 1. The monoisotopic (exact) mass is 329 g/mol. The molecule has 0 radical (unpaired) electrons. The number of hydrogen-bond donors (Lipinski definition) is 0. The molecule has 0 atom stereocenters. The Morgan fingerprint density at radius 1 is 1.00 bits per heavy atom. The number of hydrogen-bond acceptors (Lipinski definition) is 2. The molecule has 3 heteroatoms. The maximum absolute atomic E-state index is 11.8. The summed E-state index contributed by atoms with van der Waals surface area (Å²) < 4.78 is 7.73. The van der Waals surface area contributed by atoms with Gasteiger partial charge in [0.15, 0.2) is 6.29 Å². The summed E-state index contributed by atoms with van der Waals surface area (Å²) in [5.74, 6) is 0.870. The molecule has 0 aliphatic rings. The summed E-state index contributed by atoms with van der Waals surface area (Å²) in [4.78, 5) is 11.8. The minimum absolute atomic E-state index is 0.623. The third-order valence-corrected chi connectivity index (χ3v) is 4.54. The van der Waals surface area contributed by atoms with Crippen molar-refractivity contribution in [2.75, 3.05) is 6.61 Å². The van der Waals surface area contributed by atoms with Crippen LogP contribution < -0.4 is 4.74 Å². The number of aldehydes is 1. The Hall–Kier alpha value is -3.07. The Kier molecular flexibility index (Phi) is 3.77. The van der Waals surface area contributed by atoms with Crippen molar-refractivity contribution in [3.05, 3.63) is 72.1 Å². The van der Waals surface area contributed by atoms with Gasteiger partial charge >= 0.3 is 0 Å². The van der Waals surface area contributed by atoms with E-state index in [-0.39, 0.29) is 0 Å². The number of benzene rings is 2. The lowest BCUT2D eigenvalue weighted by atomic mass is 9.98. The van der Waals surface area contributed by atoms with Crippen LogP contribution >= 0.6 is 0 Å². The second kappa shape index (κ2) is 6.10. The van der Waals surface area contributed by atoms with Crippen molar-refractivity contribution in [3.8, 4) is 16.9 Å². The lowest BCUT2D eigenvalue weighted by molar-refractivity contribution is 0.111. The van der Waals surface area contributed by atoms with Crippen LogP contribution in [0, 0.1) is 6.92 Å². The molecule has 0 saturated heterocycles. The normalized spacial score (nSPS) is 11.1. The smallest absolute Gasteiger partial charge is 0.167 e. The van der Waals surface area contributed by atoms with Crippen molar-refractivity contribution >= 4 is 22.6 Å². The Morgan fingerprint density at radius 2 is 1.80 bits per heavy atom. The molecule has 0 bridgehead atoms. The number of fused-ring (bicyclic) bond motifs is 2. The molecule has 25 heavy (non-hydrogen) atoms. The standard InChI is InChI=1S/C22H19NO2/c1-3-25-22-11-10-18(17-6-4-5-7-19(17)22)20-12-16-9-8-15(2)13-23(16)21(20)14-24/h4-14H,3H2,1-2H3. The van der Waals surface area contributed by atoms with Crippen LogP contribution in [0.3, 0.4) is 0 Å². The third-order valence-electron chi connectivity index (χ3n) is 4.54. The van der Waals surface area contributed by atoms with E-state index in [0.717, 1.165) is 45.0 Å². The van der Waals surface area contributed by atoms with Crippen LogP contribution in [0.25, 0.3) is 27.4 Å². The first-order chi connectivity index (χ1) is 12.2. The first-order valence-electron chi connectivity index (χ1n) is 8.44. The number of carbonyl (C=O) groups excluding carboxylic acids is 1. The molecule has 4 rings (SSSR count). The highest BCUT2D eigenvalue weighted by molar-refractivity contribution is 6.04. The van der Waals surface area contributed by atoms with Gasteiger partial charge in [-0.25, -0.2) is 0 Å². The van der Waals surface area contributed by atoms with Crippen molar-refractivity contribution in [1.29, 1.82) is 0 Å². The van der Waals surface area contributed by atoms with E-state index in [1.54, 1.807) is 0 Å². The van der Waals surface area contributed by atoms with Gasteiger partial charge in [0.05, 0.1) is 12.3 Å². The SMILES string of the molecule is CCOc1ccc(-c2cc3ccc(C)cn3c2C=O)c2ccccc12. The third kappa shape index (κ3) is 2.49. The van der Waals surface area contributed by atoms with Gasteiger partial charge < -0.3 is 9.14 Å². The maximum Gasteiger partial charge on any atom is 0.167 e. The average Bonchev–Trinajstić information content (AvgIpc) is 2.99. The molecule has 0 saturated carbocycles. The second-order valence-electron chi connectivity index (χ2n) is 6.15. The van der Waals surface area contributed by atoms with Crippen LogP contribution in [-0.4, -0.2) is 17.3 Å². The molecule has 0 aliphatic heterocycles. The van der Waals surface area contributed by atoms with Gasteiger partial charge in [0.1, 0.15) is 5.75 Å². The van der Waals surface area contributed by atoms with Crippen molar-refractivity contribution in [2.45, 2.75) is 13.8 Å². The summed E-state index contributed by atoms with van der Waals surface area (Å²) in [6, 6.07) is 18.4. The van der Waals surface area contributed by atoms with Crippen LogP contribution in [0.15, 0.2) is 60.8 Å². The van der Waals surface area contributed by atoms with E-state index in [1.165, 1.54) is 0 Å². The fourth-order valence-corrected chi connectivity index (χ4v) is 3.42. The van der Waals surface area contributed by atoms with Crippen molar-refractivity contribution < 1.29 is 9.53 Å². The van der Waals surface area contributed by atoms with Crippen molar-refractivity contribution in [2.24, 2.45) is 0 Å². The highest BCUT2D eigenvalue weighted by Crippen LogP contribution is 2.37. The maximum atomic E-state index is 11.8. The molecular weight excluding hydrogens is 310 g/mol. The first kappa shape index (κ1) is 15.5. The zero-order valence-corrected chi connectivity index (χ0v) is 14.3.